The van der Waals surface area contributed by atoms with Gasteiger partial charge in [0.1, 0.15) is 17.6 Å². The van der Waals surface area contributed by atoms with Crippen LogP contribution in [-0.4, -0.2) is 22.3 Å². The van der Waals surface area contributed by atoms with Crippen LogP contribution in [0, 0.1) is 11.3 Å². The van der Waals surface area contributed by atoms with Crippen LogP contribution in [0.2, 0.25) is 0 Å². The molecule has 0 radical (unpaired) electrons. The number of aryl methyl sites for hydroxylation is 1. The third-order valence-electron chi connectivity index (χ3n) is 4.53. The third-order valence-corrected chi connectivity index (χ3v) is 4.53. The highest BCUT2D eigenvalue weighted by atomic mass is 16.5. The maximum atomic E-state index is 12.5. The number of nitrogens with zero attached hydrogens (tertiary/aromatic N) is 3. The summed E-state index contributed by atoms with van der Waals surface area (Å²) < 4.78 is 7.32. The van der Waals surface area contributed by atoms with Crippen LogP contribution in [0.4, 0.5) is 5.82 Å². The van der Waals surface area contributed by atoms with Gasteiger partial charge in [-0.05, 0) is 43.5 Å². The molecule has 0 bridgehead atoms. The van der Waals surface area contributed by atoms with Gasteiger partial charge in [0.2, 0.25) is 0 Å². The predicted octanol–water partition coefficient (Wildman–Crippen LogP) is 3.25. The molecule has 1 amide bonds. The zero-order chi connectivity index (χ0) is 18.6. The Morgan fingerprint density at radius 3 is 2.74 bits per heavy atom. The number of hydrogen-bond acceptors (Lipinski definition) is 4. The molecule has 0 atom stereocenters. The van der Waals surface area contributed by atoms with E-state index in [9.17, 15) is 4.79 Å². The average molecular weight is 358 g/mol. The Morgan fingerprint density at radius 1 is 1.15 bits per heavy atom. The summed E-state index contributed by atoms with van der Waals surface area (Å²) in [5.74, 6) is 0.822. The van der Waals surface area contributed by atoms with Gasteiger partial charge in [-0.1, -0.05) is 30.3 Å². The molecule has 1 aliphatic carbocycles. The van der Waals surface area contributed by atoms with Gasteiger partial charge in [-0.2, -0.15) is 10.4 Å². The van der Waals surface area contributed by atoms with Crippen LogP contribution in [0.5, 0.6) is 5.75 Å². The molecule has 27 heavy (non-hydrogen) atoms. The first-order chi connectivity index (χ1) is 13.3. The molecule has 134 valence electrons. The Morgan fingerprint density at radius 2 is 1.93 bits per heavy atom. The lowest BCUT2D eigenvalue weighted by molar-refractivity contribution is -0.118. The lowest BCUT2D eigenvalue weighted by atomic mass is 10.2. The molecule has 0 spiro atoms. The maximum Gasteiger partial charge on any atom is 0.263 e. The molecule has 6 heteroatoms. The predicted molar refractivity (Wildman–Crippen MR) is 101 cm³/mol. The number of nitriles is 1. The van der Waals surface area contributed by atoms with E-state index in [-0.39, 0.29) is 12.5 Å². The van der Waals surface area contributed by atoms with Gasteiger partial charge in [0.15, 0.2) is 6.61 Å². The van der Waals surface area contributed by atoms with E-state index in [4.69, 9.17) is 10.00 Å². The molecule has 1 heterocycles. The van der Waals surface area contributed by atoms with Crippen LogP contribution in [0.1, 0.15) is 23.2 Å². The minimum absolute atomic E-state index is 0.173. The van der Waals surface area contributed by atoms with E-state index in [1.807, 2.05) is 30.3 Å². The zero-order valence-electron chi connectivity index (χ0n) is 14.7. The van der Waals surface area contributed by atoms with Gasteiger partial charge in [0.05, 0.1) is 16.9 Å². The van der Waals surface area contributed by atoms with E-state index < -0.39 is 0 Å². The van der Waals surface area contributed by atoms with Gasteiger partial charge < -0.3 is 10.1 Å². The highest BCUT2D eigenvalue weighted by Gasteiger charge is 2.24. The molecule has 0 unspecified atom stereocenters. The molecule has 1 aliphatic rings. The number of aromatic nitrogens is 2. The number of benzene rings is 2. The van der Waals surface area contributed by atoms with E-state index in [1.165, 1.54) is 0 Å². The van der Waals surface area contributed by atoms with Gasteiger partial charge in [-0.25, -0.2) is 4.68 Å². The number of rotatable bonds is 5. The van der Waals surface area contributed by atoms with Crippen molar-refractivity contribution in [3.63, 3.8) is 0 Å². The fraction of sp³-hybridized carbons (Fsp3) is 0.190. The molecule has 0 aliphatic heterocycles. The van der Waals surface area contributed by atoms with Crippen molar-refractivity contribution in [2.45, 2.75) is 19.3 Å². The second-order valence-electron chi connectivity index (χ2n) is 6.32. The summed E-state index contributed by atoms with van der Waals surface area (Å²) in [4.78, 5) is 12.5. The largest absolute Gasteiger partial charge is 0.482 e. The Bertz CT molecular complexity index is 1020. The fourth-order valence-electron chi connectivity index (χ4n) is 3.27. The highest BCUT2D eigenvalue weighted by Crippen LogP contribution is 2.30. The van der Waals surface area contributed by atoms with Crippen LogP contribution in [0.15, 0.2) is 54.6 Å². The van der Waals surface area contributed by atoms with Gasteiger partial charge in [0.25, 0.3) is 5.91 Å². The minimum Gasteiger partial charge on any atom is -0.482 e. The van der Waals surface area contributed by atoms with Crippen molar-refractivity contribution < 1.29 is 9.53 Å². The lowest BCUT2D eigenvalue weighted by Gasteiger charge is -2.12. The molecule has 1 N–H and O–H groups in total. The van der Waals surface area contributed by atoms with Crippen molar-refractivity contribution in [2.24, 2.45) is 0 Å². The monoisotopic (exact) mass is 358 g/mol. The number of hydrogen-bond donors (Lipinski definition) is 1. The normalized spacial score (nSPS) is 12.3. The van der Waals surface area contributed by atoms with Crippen molar-refractivity contribution in [1.29, 1.82) is 5.26 Å². The first-order valence-corrected chi connectivity index (χ1v) is 8.84. The van der Waals surface area contributed by atoms with Crippen molar-refractivity contribution in [2.75, 3.05) is 11.9 Å². The molecule has 3 aromatic rings. The Labute approximate surface area is 157 Å². The van der Waals surface area contributed by atoms with Crippen molar-refractivity contribution >= 4 is 11.7 Å². The van der Waals surface area contributed by atoms with E-state index in [2.05, 4.69) is 16.5 Å². The fourth-order valence-corrected chi connectivity index (χ4v) is 3.27. The number of anilines is 1. The van der Waals surface area contributed by atoms with E-state index in [1.54, 1.807) is 28.9 Å². The number of fused-ring (bicyclic) bond motifs is 1. The molecule has 0 fully saturated rings. The summed E-state index contributed by atoms with van der Waals surface area (Å²) in [5, 5.41) is 16.7. The standard InChI is InChI=1S/C21H18N4O2/c22-13-15-7-4-5-12-19(15)27-14-20(26)23-21-17-10-6-11-18(17)24-25(21)16-8-2-1-3-9-16/h1-5,7-9,12H,6,10-11,14H2,(H,23,26). The molecular formula is C21H18N4O2. The summed E-state index contributed by atoms with van der Waals surface area (Å²) in [6.07, 6.45) is 2.86. The van der Waals surface area contributed by atoms with Gasteiger partial charge in [-0.3, -0.25) is 4.79 Å². The number of nitrogens with one attached hydrogen (secondary N) is 1. The topological polar surface area (TPSA) is 79.9 Å². The third kappa shape index (κ3) is 3.40. The second-order valence-corrected chi connectivity index (χ2v) is 6.32. The van der Waals surface area contributed by atoms with Crippen LogP contribution >= 0.6 is 0 Å². The summed E-state index contributed by atoms with van der Waals surface area (Å²) >= 11 is 0. The van der Waals surface area contributed by atoms with Crippen LogP contribution < -0.4 is 10.1 Å². The molecular weight excluding hydrogens is 340 g/mol. The lowest BCUT2D eigenvalue weighted by Crippen LogP contribution is -2.22. The zero-order valence-corrected chi connectivity index (χ0v) is 14.7. The van der Waals surface area contributed by atoms with E-state index in [0.717, 1.165) is 36.2 Å². The summed E-state index contributed by atoms with van der Waals surface area (Å²) in [7, 11) is 0. The number of carbonyl (C=O) groups excluding carboxylic acids is 1. The molecule has 0 saturated heterocycles. The number of para-hydroxylation sites is 2. The summed E-state index contributed by atoms with van der Waals surface area (Å²) in [6, 6.07) is 18.7. The molecule has 6 nitrogen and oxygen atoms in total. The van der Waals surface area contributed by atoms with Gasteiger partial charge >= 0.3 is 0 Å². The first kappa shape index (κ1) is 16.9. The average Bonchev–Trinajstić information content (AvgIpc) is 3.30. The van der Waals surface area contributed by atoms with Crippen LogP contribution in [0.3, 0.4) is 0 Å². The molecule has 1 aromatic heterocycles. The smallest absolute Gasteiger partial charge is 0.263 e. The highest BCUT2D eigenvalue weighted by molar-refractivity contribution is 5.92. The molecule has 4 rings (SSSR count). The number of ether oxygens (including phenoxy) is 1. The second kappa shape index (κ2) is 7.34. The van der Waals surface area contributed by atoms with Crippen molar-refractivity contribution in [1.82, 2.24) is 9.78 Å². The number of carbonyl (C=O) groups is 1. The van der Waals surface area contributed by atoms with Crippen molar-refractivity contribution in [3.8, 4) is 17.5 Å². The first-order valence-electron chi connectivity index (χ1n) is 8.84. The summed E-state index contributed by atoms with van der Waals surface area (Å²) in [5.41, 5.74) is 3.42. The molecule has 2 aromatic carbocycles. The quantitative estimate of drug-likeness (QED) is 0.759. The molecule has 0 saturated carbocycles. The Hall–Kier alpha value is -3.59. The van der Waals surface area contributed by atoms with Gasteiger partial charge in [0, 0.05) is 5.56 Å². The van der Waals surface area contributed by atoms with E-state index >= 15 is 0 Å². The van der Waals surface area contributed by atoms with Gasteiger partial charge in [-0.15, -0.1) is 0 Å². The summed E-state index contributed by atoms with van der Waals surface area (Å²) in [6.45, 7) is -0.173. The van der Waals surface area contributed by atoms with Crippen LogP contribution in [-0.2, 0) is 17.6 Å². The number of amides is 1. The Kier molecular flexibility index (Phi) is 4.58. The minimum atomic E-state index is -0.283. The van der Waals surface area contributed by atoms with Crippen molar-refractivity contribution in [3.05, 3.63) is 71.4 Å². The van der Waals surface area contributed by atoms with Crippen LogP contribution in [0.25, 0.3) is 5.69 Å². The Balaban J connectivity index is 1.54. The van der Waals surface area contributed by atoms with E-state index in [0.29, 0.717) is 17.1 Å². The SMILES string of the molecule is N#Cc1ccccc1OCC(=O)Nc1c2c(nn1-c1ccccc1)CCC2. The maximum absolute atomic E-state index is 12.5.